The number of aliphatic hydroxyl groups is 4. The normalized spacial score (nSPS) is 31.2. The van der Waals surface area contributed by atoms with Crippen LogP contribution >= 0.6 is 22.4 Å². The highest BCUT2D eigenvalue weighted by molar-refractivity contribution is 8.09. The van der Waals surface area contributed by atoms with E-state index < -0.39 is 84.7 Å². The smallest absolute Gasteiger partial charge is 0.479 e. The minimum atomic E-state index is -5.66. The van der Waals surface area contributed by atoms with Crippen LogP contribution in [-0.2, 0) is 48.1 Å². The Labute approximate surface area is 278 Å². The number of rotatable bonds is 12. The second-order valence-corrected chi connectivity index (χ2v) is 16.5. The minimum absolute atomic E-state index is 0.0290. The van der Waals surface area contributed by atoms with E-state index in [1.54, 1.807) is 0 Å². The van der Waals surface area contributed by atoms with Crippen molar-refractivity contribution in [3.8, 4) is 0 Å². The first-order valence-electron chi connectivity index (χ1n) is 13.7. The first-order valence-corrected chi connectivity index (χ1v) is 19.2. The first-order chi connectivity index (χ1) is 23.0. The molecule has 4 aromatic rings. The van der Waals surface area contributed by atoms with Crippen LogP contribution in [0.25, 0.3) is 22.3 Å². The molecule has 0 aliphatic carbocycles. The predicted molar refractivity (Wildman–Crippen MR) is 162 cm³/mol. The van der Waals surface area contributed by atoms with E-state index in [9.17, 15) is 44.2 Å². The minimum Gasteiger partial charge on any atom is -0.756 e. The number of fused-ring (bicyclic) bond motifs is 2. The third kappa shape index (κ3) is 7.40. The number of phosphoric ester groups is 2. The van der Waals surface area contributed by atoms with Crippen LogP contribution in [0, 0.1) is 0 Å². The molecule has 2 aliphatic rings. The zero-order valence-electron chi connectivity index (χ0n) is 24.3. The molecule has 6 heterocycles. The number of hydrogen-bond donors (Lipinski definition) is 8. The van der Waals surface area contributed by atoms with Gasteiger partial charge < -0.3 is 60.6 Å². The summed E-state index contributed by atoms with van der Waals surface area (Å²) < 4.78 is 56.6. The van der Waals surface area contributed by atoms with Crippen molar-refractivity contribution in [3.05, 3.63) is 31.2 Å². The number of imidazole rings is 2. The van der Waals surface area contributed by atoms with Crippen LogP contribution in [0.5, 0.6) is 0 Å². The van der Waals surface area contributed by atoms with E-state index in [-0.39, 0.29) is 33.8 Å². The number of anilines is 2. The molecule has 0 radical (unpaired) electrons. The van der Waals surface area contributed by atoms with Crippen molar-refractivity contribution in [3.63, 3.8) is 0 Å². The third-order valence-electron chi connectivity index (χ3n) is 7.31. The van der Waals surface area contributed by atoms with Gasteiger partial charge in [0.05, 0.1) is 31.6 Å². The summed E-state index contributed by atoms with van der Waals surface area (Å²) in [5, 5.41) is 42.0. The van der Waals surface area contributed by atoms with Gasteiger partial charge in [-0.3, -0.25) is 18.2 Å². The third-order valence-corrected chi connectivity index (χ3v) is 12.7. The van der Waals surface area contributed by atoms with Crippen molar-refractivity contribution in [2.75, 3.05) is 24.7 Å². The molecule has 0 bridgehead atoms. The number of nitrogens with two attached hydrogens (primary N) is 2. The van der Waals surface area contributed by atoms with Gasteiger partial charge in [-0.1, -0.05) is 0 Å². The molecule has 6 unspecified atom stereocenters. The molecule has 11 atom stereocenters. The first kappa shape index (κ1) is 36.2. The van der Waals surface area contributed by atoms with Crippen LogP contribution in [0.15, 0.2) is 31.2 Å². The van der Waals surface area contributed by atoms with Crippen LogP contribution in [0.4, 0.5) is 11.5 Å². The van der Waals surface area contributed by atoms with Crippen LogP contribution in [0.1, 0.15) is 12.5 Å². The average molecular weight is 770 g/mol. The quantitative estimate of drug-likeness (QED) is 0.0692. The Kier molecular flexibility index (Phi) is 9.95. The molecule has 0 spiro atoms. The van der Waals surface area contributed by atoms with Gasteiger partial charge in [-0.05, 0) is 17.9 Å². The molecule has 0 amide bonds. The molecule has 2 saturated heterocycles. The molecular weight excluding hydrogens is 743 g/mol. The van der Waals surface area contributed by atoms with E-state index >= 15 is 0 Å². The molecule has 0 saturated carbocycles. The number of nitrogen functional groups attached to an aromatic ring is 2. The zero-order valence-corrected chi connectivity index (χ0v) is 27.8. The van der Waals surface area contributed by atoms with Gasteiger partial charge in [0.25, 0.3) is 7.82 Å². The molecule has 268 valence electrons. The van der Waals surface area contributed by atoms with Crippen LogP contribution in [-0.4, -0.2) is 114 Å². The molecule has 10 N–H and O–H groups in total. The van der Waals surface area contributed by atoms with E-state index in [4.69, 9.17) is 25.5 Å². The van der Waals surface area contributed by atoms with E-state index in [1.165, 1.54) is 34.1 Å². The number of aliphatic hydroxyl groups excluding tert-OH is 4. The Morgan fingerprint density at radius 2 is 1.37 bits per heavy atom. The van der Waals surface area contributed by atoms with E-state index in [1.807, 2.05) is 0 Å². The molecule has 0 aromatic carbocycles. The van der Waals surface area contributed by atoms with Crippen molar-refractivity contribution >= 4 is 68.0 Å². The molecule has 24 nitrogen and oxygen atoms in total. The molecule has 49 heavy (non-hydrogen) atoms. The molecule has 2 aliphatic heterocycles. The second-order valence-electron chi connectivity index (χ2n) is 10.5. The topological polar surface area (TPSA) is 360 Å². The van der Waals surface area contributed by atoms with Gasteiger partial charge in [0, 0.05) is 6.20 Å². The lowest BCUT2D eigenvalue weighted by Crippen LogP contribution is -2.34. The zero-order chi connectivity index (χ0) is 35.5. The second kappa shape index (κ2) is 13.5. The standard InChI is InChI=1S/C21H28N9O15P3S/c22-8-1-2-24-18-11(8)27-6-29(18)20-15(33)13(31)9(42-20)3-40-46(35,36)44-48(39,49)45-47(37,38)41-4-10-14(32)16(34)21(43-10)30-7-28-12-17(23)25-5-26-19(12)30/h1-2,5-7,9-10,13-16,20-21,31-34H,3-4H2,(H2,22,24)(H,35,36)(H,37,38)(H,39,49)(H2,23,25,26)/p-1/t9-,10-,13+,14?,15?,16?,20-,21-,48?/m1/s1. The van der Waals surface area contributed by atoms with Crippen LogP contribution in [0.3, 0.4) is 0 Å². The van der Waals surface area contributed by atoms with Gasteiger partial charge in [-0.25, -0.2) is 38.1 Å². The molecular formula is C21H27N9O15P3S-. The van der Waals surface area contributed by atoms with Gasteiger partial charge in [-0.15, -0.1) is 0 Å². The van der Waals surface area contributed by atoms with Gasteiger partial charge in [-0.2, -0.15) is 0 Å². The van der Waals surface area contributed by atoms with E-state index in [2.05, 4.69) is 49.9 Å². The lowest BCUT2D eigenvalue weighted by atomic mass is 10.1. The van der Waals surface area contributed by atoms with Gasteiger partial charge in [0.15, 0.2) is 29.6 Å². The number of ether oxygens (including phenoxy) is 2. The van der Waals surface area contributed by atoms with E-state index in [0.29, 0.717) is 0 Å². The van der Waals surface area contributed by atoms with Gasteiger partial charge in [0.2, 0.25) is 0 Å². The van der Waals surface area contributed by atoms with Crippen molar-refractivity contribution in [2.24, 2.45) is 0 Å². The fourth-order valence-corrected chi connectivity index (χ4v) is 10.0. The fraction of sp³-hybridized carbons (Fsp3) is 0.476. The Hall–Kier alpha value is -2.64. The highest BCUT2D eigenvalue weighted by atomic mass is 32.5. The lowest BCUT2D eigenvalue weighted by Gasteiger charge is -2.28. The maximum atomic E-state index is 12.5. The summed E-state index contributed by atoms with van der Waals surface area (Å²) in [7, 11) is -11.1. The monoisotopic (exact) mass is 770 g/mol. The fourth-order valence-electron chi connectivity index (χ4n) is 5.04. The Morgan fingerprint density at radius 1 is 0.816 bits per heavy atom. The Balaban J connectivity index is 1.03. The Bertz CT molecular complexity index is 1870. The highest BCUT2D eigenvalue weighted by Crippen LogP contribution is 2.67. The molecule has 6 rings (SSSR count). The van der Waals surface area contributed by atoms with Crippen molar-refractivity contribution in [1.29, 1.82) is 0 Å². The number of hydrogen-bond acceptors (Lipinski definition) is 21. The maximum Gasteiger partial charge on any atom is 0.479 e. The summed E-state index contributed by atoms with van der Waals surface area (Å²) in [6, 6.07) is 1.49. The number of phosphoric acid groups is 2. The molecule has 2 fully saturated rings. The van der Waals surface area contributed by atoms with Crippen molar-refractivity contribution in [1.82, 2.24) is 34.1 Å². The molecule has 4 aromatic heterocycles. The van der Waals surface area contributed by atoms with Gasteiger partial charge in [0.1, 0.15) is 54.0 Å². The van der Waals surface area contributed by atoms with Crippen LogP contribution < -0.4 is 16.4 Å². The lowest BCUT2D eigenvalue weighted by molar-refractivity contribution is -0.220. The largest absolute Gasteiger partial charge is 0.756 e. The number of aromatic nitrogens is 7. The average Bonchev–Trinajstić information content (AvgIpc) is 3.77. The maximum absolute atomic E-state index is 12.5. The van der Waals surface area contributed by atoms with Crippen molar-refractivity contribution in [2.45, 2.75) is 49.1 Å². The Morgan fingerprint density at radius 3 is 1.98 bits per heavy atom. The summed E-state index contributed by atoms with van der Waals surface area (Å²) in [6.45, 7) is -7.09. The summed E-state index contributed by atoms with van der Waals surface area (Å²) in [6.07, 6.45) is -7.26. The van der Waals surface area contributed by atoms with Crippen LogP contribution in [0.2, 0.25) is 0 Å². The summed E-state index contributed by atoms with van der Waals surface area (Å²) in [5.74, 6) is 0.0290. The van der Waals surface area contributed by atoms with E-state index in [0.717, 1.165) is 6.33 Å². The summed E-state index contributed by atoms with van der Waals surface area (Å²) in [5.41, 5.74) is 12.7. The summed E-state index contributed by atoms with van der Waals surface area (Å²) in [4.78, 5) is 52.8. The molecule has 28 heteroatoms. The summed E-state index contributed by atoms with van der Waals surface area (Å²) >= 11 is 4.53. The van der Waals surface area contributed by atoms with Gasteiger partial charge >= 0.3 is 14.5 Å². The number of nitrogens with zero attached hydrogens (tertiary/aromatic N) is 7. The predicted octanol–water partition coefficient (Wildman–Crippen LogP) is -2.47. The highest BCUT2D eigenvalue weighted by Gasteiger charge is 2.47. The number of pyridine rings is 1. The SMILES string of the molecule is Nc1ncnc2c1ncn2[C@@H]1O[C@H](COP(=O)([O-])OP(O)(=S)OP(=O)(O)OC[C@H]2O[C@@H](n3cnc4c(N)ccnc43)C(O)[C@H]2O)C(O)C1O. The van der Waals surface area contributed by atoms with Crippen molar-refractivity contribution < 1.29 is 71.4 Å².